The van der Waals surface area contributed by atoms with E-state index in [0.717, 1.165) is 44.3 Å². The number of likely N-dealkylation sites (tertiary alicyclic amines) is 1. The molecule has 1 saturated carbocycles. The molecule has 1 heterocycles. The van der Waals surface area contributed by atoms with E-state index in [-0.39, 0.29) is 18.0 Å². The molecule has 1 saturated heterocycles. The summed E-state index contributed by atoms with van der Waals surface area (Å²) >= 11 is 0. The number of hydrogen-bond acceptors (Lipinski definition) is 2. The van der Waals surface area contributed by atoms with E-state index in [2.05, 4.69) is 10.6 Å². The van der Waals surface area contributed by atoms with Crippen LogP contribution in [0.5, 0.6) is 0 Å². The van der Waals surface area contributed by atoms with Crippen LogP contribution in [0, 0.1) is 5.92 Å². The smallest absolute Gasteiger partial charge is 0.317 e. The summed E-state index contributed by atoms with van der Waals surface area (Å²) in [5.74, 6) is 0.475. The molecule has 0 radical (unpaired) electrons. The van der Waals surface area contributed by atoms with Crippen molar-refractivity contribution >= 4 is 11.9 Å². The van der Waals surface area contributed by atoms with Gasteiger partial charge >= 0.3 is 6.03 Å². The second kappa shape index (κ2) is 9.77. The van der Waals surface area contributed by atoms with Gasteiger partial charge in [0, 0.05) is 25.6 Å². The highest BCUT2D eigenvalue weighted by Crippen LogP contribution is 2.22. The van der Waals surface area contributed by atoms with Crippen LogP contribution in [0.15, 0.2) is 30.3 Å². The van der Waals surface area contributed by atoms with Crippen molar-refractivity contribution in [1.29, 1.82) is 0 Å². The number of rotatable bonds is 5. The molecular formula is C22H33N3O2. The van der Waals surface area contributed by atoms with Crippen molar-refractivity contribution in [2.24, 2.45) is 5.92 Å². The summed E-state index contributed by atoms with van der Waals surface area (Å²) in [6.07, 6.45) is 8.34. The number of amides is 3. The van der Waals surface area contributed by atoms with Crippen LogP contribution in [-0.4, -0.2) is 36.0 Å². The summed E-state index contributed by atoms with van der Waals surface area (Å²) in [7, 11) is 0. The summed E-state index contributed by atoms with van der Waals surface area (Å²) in [5.41, 5.74) is 1.13. The fraction of sp³-hybridized carbons (Fsp3) is 0.636. The number of carbonyl (C=O) groups is 2. The molecule has 1 aliphatic carbocycles. The molecule has 3 rings (SSSR count). The molecule has 1 atom stereocenters. The number of nitrogens with zero attached hydrogens (tertiary/aromatic N) is 1. The second-order valence-electron chi connectivity index (χ2n) is 8.12. The summed E-state index contributed by atoms with van der Waals surface area (Å²) in [5, 5.41) is 6.30. The number of hydrogen-bond donors (Lipinski definition) is 2. The van der Waals surface area contributed by atoms with E-state index in [1.807, 2.05) is 42.2 Å². The van der Waals surface area contributed by atoms with E-state index in [0.29, 0.717) is 18.4 Å². The average molecular weight is 372 g/mol. The van der Waals surface area contributed by atoms with Crippen molar-refractivity contribution in [2.45, 2.75) is 70.4 Å². The minimum absolute atomic E-state index is 0.0278. The highest BCUT2D eigenvalue weighted by Gasteiger charge is 2.26. The molecule has 3 amide bonds. The summed E-state index contributed by atoms with van der Waals surface area (Å²) in [4.78, 5) is 26.7. The summed E-state index contributed by atoms with van der Waals surface area (Å²) in [6, 6.07) is 10.5. The first-order chi connectivity index (χ1) is 13.1. The Kier molecular flexibility index (Phi) is 7.13. The average Bonchev–Trinajstić information content (AvgIpc) is 2.70. The first kappa shape index (κ1) is 19.7. The van der Waals surface area contributed by atoms with E-state index < -0.39 is 0 Å². The Hall–Kier alpha value is -2.04. The quantitative estimate of drug-likeness (QED) is 0.821. The van der Waals surface area contributed by atoms with Crippen LogP contribution in [0.3, 0.4) is 0 Å². The SMILES string of the molecule is C[C@H](NC(=O)CC1CCN(C(=O)NC2CCCCC2)CC1)c1ccccc1. The minimum Gasteiger partial charge on any atom is -0.350 e. The molecule has 0 unspecified atom stereocenters. The van der Waals surface area contributed by atoms with Crippen molar-refractivity contribution in [2.75, 3.05) is 13.1 Å². The van der Waals surface area contributed by atoms with Crippen molar-refractivity contribution in [3.63, 3.8) is 0 Å². The largest absolute Gasteiger partial charge is 0.350 e. The Morgan fingerprint density at radius 2 is 1.70 bits per heavy atom. The monoisotopic (exact) mass is 371 g/mol. The zero-order chi connectivity index (χ0) is 19.1. The van der Waals surface area contributed by atoms with Gasteiger partial charge in [-0.05, 0) is 44.1 Å². The summed E-state index contributed by atoms with van der Waals surface area (Å²) in [6.45, 7) is 3.53. The zero-order valence-electron chi connectivity index (χ0n) is 16.5. The lowest BCUT2D eigenvalue weighted by molar-refractivity contribution is -0.122. The standard InChI is InChI=1S/C22H33N3O2/c1-17(19-8-4-2-5-9-19)23-21(26)16-18-12-14-25(15-13-18)22(27)24-20-10-6-3-7-11-20/h2,4-5,8-9,17-18,20H,3,6-7,10-16H2,1H3,(H,23,26)(H,24,27)/t17-/m0/s1. The number of nitrogens with one attached hydrogen (secondary N) is 2. The van der Waals surface area contributed by atoms with Gasteiger partial charge in [0.05, 0.1) is 6.04 Å². The van der Waals surface area contributed by atoms with Gasteiger partial charge in [-0.3, -0.25) is 4.79 Å². The first-order valence-electron chi connectivity index (χ1n) is 10.5. The maximum Gasteiger partial charge on any atom is 0.317 e. The lowest BCUT2D eigenvalue weighted by Gasteiger charge is -2.34. The van der Waals surface area contributed by atoms with Gasteiger partial charge in [0.2, 0.25) is 5.91 Å². The molecule has 148 valence electrons. The van der Waals surface area contributed by atoms with Crippen molar-refractivity contribution in [3.05, 3.63) is 35.9 Å². The molecule has 1 aliphatic heterocycles. The number of benzene rings is 1. The lowest BCUT2D eigenvalue weighted by Crippen LogP contribution is -2.48. The Morgan fingerprint density at radius 3 is 2.37 bits per heavy atom. The van der Waals surface area contributed by atoms with Crippen LogP contribution >= 0.6 is 0 Å². The van der Waals surface area contributed by atoms with Gasteiger partial charge in [0.1, 0.15) is 0 Å². The van der Waals surface area contributed by atoms with Gasteiger partial charge in [0.25, 0.3) is 0 Å². The van der Waals surface area contributed by atoms with Crippen LogP contribution in [-0.2, 0) is 4.79 Å². The Balaban J connectivity index is 1.37. The molecule has 0 spiro atoms. The van der Waals surface area contributed by atoms with Crippen molar-refractivity contribution < 1.29 is 9.59 Å². The Morgan fingerprint density at radius 1 is 1.04 bits per heavy atom. The predicted molar refractivity (Wildman–Crippen MR) is 107 cm³/mol. The minimum atomic E-state index is 0.0278. The summed E-state index contributed by atoms with van der Waals surface area (Å²) < 4.78 is 0. The highest BCUT2D eigenvalue weighted by atomic mass is 16.2. The van der Waals surface area contributed by atoms with Gasteiger partial charge in [-0.15, -0.1) is 0 Å². The number of carbonyl (C=O) groups excluding carboxylic acids is 2. The zero-order valence-corrected chi connectivity index (χ0v) is 16.5. The molecule has 2 N–H and O–H groups in total. The maximum absolute atomic E-state index is 12.4. The van der Waals surface area contributed by atoms with E-state index >= 15 is 0 Å². The third-order valence-electron chi connectivity index (χ3n) is 5.99. The van der Waals surface area contributed by atoms with Gasteiger partial charge in [0.15, 0.2) is 0 Å². The van der Waals surface area contributed by atoms with Gasteiger partial charge in [-0.2, -0.15) is 0 Å². The fourth-order valence-corrected chi connectivity index (χ4v) is 4.24. The topological polar surface area (TPSA) is 61.4 Å². The highest BCUT2D eigenvalue weighted by molar-refractivity contribution is 5.77. The molecule has 0 bridgehead atoms. The van der Waals surface area contributed by atoms with Crippen molar-refractivity contribution in [1.82, 2.24) is 15.5 Å². The normalized spacial score (nSPS) is 20.1. The molecule has 2 aliphatic rings. The fourth-order valence-electron chi connectivity index (χ4n) is 4.24. The van der Waals surface area contributed by atoms with E-state index in [4.69, 9.17) is 0 Å². The molecule has 27 heavy (non-hydrogen) atoms. The van der Waals surface area contributed by atoms with Gasteiger partial charge in [-0.1, -0.05) is 49.6 Å². The van der Waals surface area contributed by atoms with E-state index in [1.54, 1.807) is 0 Å². The molecular weight excluding hydrogens is 338 g/mol. The van der Waals surface area contributed by atoms with Crippen LogP contribution < -0.4 is 10.6 Å². The first-order valence-corrected chi connectivity index (χ1v) is 10.5. The molecule has 5 heteroatoms. The lowest BCUT2D eigenvalue weighted by atomic mass is 9.93. The van der Waals surface area contributed by atoms with Crippen LogP contribution in [0.25, 0.3) is 0 Å². The van der Waals surface area contributed by atoms with E-state index in [9.17, 15) is 9.59 Å². The van der Waals surface area contributed by atoms with Crippen LogP contribution in [0.2, 0.25) is 0 Å². The van der Waals surface area contributed by atoms with Gasteiger partial charge in [-0.25, -0.2) is 4.79 Å². The van der Waals surface area contributed by atoms with Crippen molar-refractivity contribution in [3.8, 4) is 0 Å². The van der Waals surface area contributed by atoms with Gasteiger partial charge < -0.3 is 15.5 Å². The van der Waals surface area contributed by atoms with Crippen LogP contribution in [0.1, 0.15) is 69.9 Å². The molecule has 2 fully saturated rings. The third kappa shape index (κ3) is 5.98. The Labute approximate surface area is 162 Å². The second-order valence-corrected chi connectivity index (χ2v) is 8.12. The molecule has 1 aromatic rings. The maximum atomic E-state index is 12.4. The Bertz CT molecular complexity index is 605. The predicted octanol–water partition coefficient (Wildman–Crippen LogP) is 4.01. The van der Waals surface area contributed by atoms with Crippen LogP contribution in [0.4, 0.5) is 4.79 Å². The van der Waals surface area contributed by atoms with E-state index in [1.165, 1.54) is 19.3 Å². The number of piperidine rings is 1. The molecule has 5 nitrogen and oxygen atoms in total. The molecule has 0 aromatic heterocycles. The number of urea groups is 1. The third-order valence-corrected chi connectivity index (χ3v) is 5.99. The molecule has 1 aromatic carbocycles.